The Labute approximate surface area is 306 Å². The van der Waals surface area contributed by atoms with E-state index in [1.807, 2.05) is 61.5 Å². The summed E-state index contributed by atoms with van der Waals surface area (Å²) in [5, 5.41) is 9.39. The van der Waals surface area contributed by atoms with Crippen LogP contribution in [-0.4, -0.2) is 30.7 Å². The number of rotatable bonds is 11. The van der Waals surface area contributed by atoms with E-state index in [0.717, 1.165) is 61.0 Å². The van der Waals surface area contributed by atoms with Gasteiger partial charge in [0.05, 0.1) is 13.2 Å². The van der Waals surface area contributed by atoms with Crippen molar-refractivity contribution in [2.75, 3.05) is 19.8 Å². The standard InChI is InChI=1S/C19H27O3.C16H21FO.2C2H6.CH3.U/c1-4-17(18(13-20)22-6-3)15-7-9-16(10-8-15)19(5-2)11-12-21-14-19;1-6-10(2)15(13(5)18)9-14-11(3)7-8-16(17)12(14)4;2*1-2;;/h7-10,13,17,20H,1,4-6,11-12,14H2,2-3H3;7-10H,6H2,1-5H3;2*1-2H3;1H3;/q-1;;;;-1;+2/b;15-9+;;;;. The number of aliphatic hydroxyl groups is 1. The van der Waals surface area contributed by atoms with Crippen molar-refractivity contribution in [3.05, 3.63) is 102 Å². The molecule has 0 spiro atoms. The van der Waals surface area contributed by atoms with E-state index < -0.39 is 0 Å². The Morgan fingerprint density at radius 3 is 2.09 bits per heavy atom. The van der Waals surface area contributed by atoms with Crippen molar-refractivity contribution in [2.24, 2.45) is 5.92 Å². The fourth-order valence-corrected chi connectivity index (χ4v) is 5.28. The number of halogens is 1. The number of aliphatic hydroxyl groups excluding tert-OH is 1. The first-order valence-corrected chi connectivity index (χ1v) is 16.5. The topological polar surface area (TPSA) is 55.8 Å². The molecule has 4 nitrogen and oxygen atoms in total. The maximum Gasteiger partial charge on any atom is 2.00 e. The van der Waals surface area contributed by atoms with E-state index in [4.69, 9.17) is 9.47 Å². The van der Waals surface area contributed by atoms with E-state index in [-0.39, 0.29) is 67.4 Å². The minimum absolute atomic E-state index is 0. The zero-order valence-corrected chi connectivity index (χ0v) is 35.1. The van der Waals surface area contributed by atoms with Crippen molar-refractivity contribution in [3.63, 3.8) is 0 Å². The molecule has 3 atom stereocenters. The number of Topliss-reactive ketones (excluding diaryl/α,β-unsaturated/α-hetero) is 1. The van der Waals surface area contributed by atoms with Crippen LogP contribution in [0.25, 0.3) is 6.08 Å². The molecule has 46 heavy (non-hydrogen) atoms. The summed E-state index contributed by atoms with van der Waals surface area (Å²) in [5.41, 5.74) is 5.83. The normalized spacial score (nSPS) is 16.8. The van der Waals surface area contributed by atoms with Crippen molar-refractivity contribution in [2.45, 2.75) is 113 Å². The van der Waals surface area contributed by atoms with Gasteiger partial charge in [-0.05, 0) is 98.4 Å². The third-order valence-corrected chi connectivity index (χ3v) is 8.29. The predicted molar refractivity (Wildman–Crippen MR) is 192 cm³/mol. The van der Waals surface area contributed by atoms with Gasteiger partial charge in [-0.1, -0.05) is 78.8 Å². The minimum atomic E-state index is -0.223. The first kappa shape index (κ1) is 48.5. The second-order valence-electron chi connectivity index (χ2n) is 10.7. The van der Waals surface area contributed by atoms with Gasteiger partial charge in [0.1, 0.15) is 17.8 Å². The monoisotopic (exact) mass is 865 g/mol. The molecule has 1 aliphatic heterocycles. The van der Waals surface area contributed by atoms with Crippen LogP contribution in [-0.2, 0) is 19.7 Å². The molecule has 0 radical (unpaired) electrons. The molecule has 1 aliphatic rings. The van der Waals surface area contributed by atoms with Crippen molar-refractivity contribution < 1.29 is 54.9 Å². The smallest absolute Gasteiger partial charge is 0.512 e. The molecule has 0 amide bonds. The fourth-order valence-electron chi connectivity index (χ4n) is 5.28. The number of ether oxygens (including phenoxy) is 2. The van der Waals surface area contributed by atoms with E-state index >= 15 is 0 Å². The summed E-state index contributed by atoms with van der Waals surface area (Å²) in [6, 6.07) is 11.9. The van der Waals surface area contributed by atoms with Gasteiger partial charge in [0.25, 0.3) is 0 Å². The number of aryl methyl sites for hydroxylation is 1. The Morgan fingerprint density at radius 2 is 1.67 bits per heavy atom. The van der Waals surface area contributed by atoms with Gasteiger partial charge in [-0.3, -0.25) is 4.79 Å². The van der Waals surface area contributed by atoms with Gasteiger partial charge in [-0.25, -0.2) is 4.39 Å². The van der Waals surface area contributed by atoms with E-state index in [9.17, 15) is 14.3 Å². The van der Waals surface area contributed by atoms with Crippen LogP contribution in [0.5, 0.6) is 0 Å². The first-order valence-electron chi connectivity index (χ1n) is 16.5. The van der Waals surface area contributed by atoms with Gasteiger partial charge < -0.3 is 28.9 Å². The van der Waals surface area contributed by atoms with Gasteiger partial charge >= 0.3 is 31.1 Å². The Balaban J connectivity index is -0.000000708. The summed E-state index contributed by atoms with van der Waals surface area (Å²) in [6.07, 6.45) is 6.64. The molecule has 258 valence electrons. The maximum atomic E-state index is 13.6. The van der Waals surface area contributed by atoms with Crippen LogP contribution >= 0.6 is 0 Å². The summed E-state index contributed by atoms with van der Waals surface area (Å²) in [6.45, 7) is 27.7. The van der Waals surface area contributed by atoms with E-state index in [1.165, 1.54) is 11.6 Å². The van der Waals surface area contributed by atoms with Crippen LogP contribution in [0, 0.1) is 71.0 Å². The number of hydrogen-bond donors (Lipinski definition) is 1. The Bertz CT molecular complexity index is 1160. The minimum Gasteiger partial charge on any atom is -0.512 e. The molecular weight excluding hydrogens is 801 g/mol. The number of hydrogen-bond acceptors (Lipinski definition) is 4. The molecule has 1 fully saturated rings. The van der Waals surface area contributed by atoms with Gasteiger partial charge in [-0.2, -0.15) is 6.42 Å². The number of carbonyl (C=O) groups is 1. The van der Waals surface area contributed by atoms with Crippen molar-refractivity contribution in [3.8, 4) is 0 Å². The van der Waals surface area contributed by atoms with Crippen LogP contribution in [0.1, 0.15) is 122 Å². The third-order valence-electron chi connectivity index (χ3n) is 8.29. The molecule has 0 saturated carbocycles. The Morgan fingerprint density at radius 1 is 1.09 bits per heavy atom. The molecule has 2 aromatic carbocycles. The number of ketones is 1. The van der Waals surface area contributed by atoms with E-state index in [2.05, 4.69) is 38.1 Å². The van der Waals surface area contributed by atoms with Crippen molar-refractivity contribution in [1.29, 1.82) is 0 Å². The van der Waals surface area contributed by atoms with Crippen LogP contribution in [0.3, 0.4) is 0 Å². The molecular formula is C40H63FO4U. The summed E-state index contributed by atoms with van der Waals surface area (Å²) >= 11 is 0. The van der Waals surface area contributed by atoms with E-state index in [0.29, 0.717) is 24.4 Å². The molecule has 6 heteroatoms. The zero-order valence-electron chi connectivity index (χ0n) is 31.0. The van der Waals surface area contributed by atoms with Crippen LogP contribution in [0.15, 0.2) is 54.0 Å². The Hall–Kier alpha value is -1.87. The van der Waals surface area contributed by atoms with Crippen molar-refractivity contribution >= 4 is 11.9 Å². The van der Waals surface area contributed by atoms with Gasteiger partial charge in [0.2, 0.25) is 0 Å². The average molecular weight is 865 g/mol. The molecule has 3 rings (SSSR count). The van der Waals surface area contributed by atoms with Crippen LogP contribution in [0.4, 0.5) is 4.39 Å². The average Bonchev–Trinajstić information content (AvgIpc) is 3.55. The van der Waals surface area contributed by atoms with E-state index in [1.54, 1.807) is 19.9 Å². The third kappa shape index (κ3) is 13.7. The summed E-state index contributed by atoms with van der Waals surface area (Å²) in [5.74, 6) is 0.618. The predicted octanol–water partition coefficient (Wildman–Crippen LogP) is 11.5. The quantitative estimate of drug-likeness (QED) is 0.139. The molecule has 1 saturated heterocycles. The fraction of sp³-hybridized carbons (Fsp3) is 0.525. The summed E-state index contributed by atoms with van der Waals surface area (Å²) in [4.78, 5) is 11.7. The second-order valence-corrected chi connectivity index (χ2v) is 10.7. The first-order chi connectivity index (χ1) is 21.1. The maximum absolute atomic E-state index is 13.6. The summed E-state index contributed by atoms with van der Waals surface area (Å²) in [7, 11) is 0. The van der Waals surface area contributed by atoms with Gasteiger partial charge in [0.15, 0.2) is 5.78 Å². The van der Waals surface area contributed by atoms with Crippen LogP contribution in [0.2, 0.25) is 0 Å². The number of benzene rings is 2. The number of carbonyl (C=O) groups excluding carboxylic acids is 1. The second kappa shape index (κ2) is 26.1. The molecule has 0 bridgehead atoms. The SMILES string of the molecule is CC.CC.CCC(C)/C(=C\c1c(C)ccc(F)c1C)C(C)=O.[CH2-]CC(C(=CO)OCC)c1ccc(C2(CC)CCOC2)cc1.[CH3-].[U+2]. The largest absolute Gasteiger partial charge is 2.00 e. The van der Waals surface area contributed by atoms with Gasteiger partial charge in [-0.15, -0.1) is 0 Å². The van der Waals surface area contributed by atoms with Crippen molar-refractivity contribution in [1.82, 2.24) is 0 Å². The molecule has 0 aromatic heterocycles. The molecule has 1 heterocycles. The van der Waals surface area contributed by atoms with Gasteiger partial charge in [0, 0.05) is 17.9 Å². The Kier molecular flexibility index (Phi) is 27.6. The summed E-state index contributed by atoms with van der Waals surface area (Å²) < 4.78 is 24.7. The number of allylic oxidation sites excluding steroid dienone is 2. The van der Waals surface area contributed by atoms with Crippen LogP contribution < -0.4 is 0 Å². The molecule has 2 aromatic rings. The molecule has 3 unspecified atom stereocenters. The molecule has 1 N–H and O–H groups in total. The zero-order chi connectivity index (χ0) is 33.9. The molecule has 0 aliphatic carbocycles.